The molecule has 1 aliphatic rings. The lowest BCUT2D eigenvalue weighted by Gasteiger charge is -2.28. The van der Waals surface area contributed by atoms with E-state index in [0.717, 1.165) is 28.8 Å². The fourth-order valence-electron chi connectivity index (χ4n) is 5.41. The molecule has 1 heterocycles. The Labute approximate surface area is 244 Å². The smallest absolute Gasteiger partial charge is 0.311 e. The van der Waals surface area contributed by atoms with Crippen molar-refractivity contribution in [2.75, 3.05) is 0 Å². The Morgan fingerprint density at radius 2 is 1.52 bits per heavy atom. The average molecular weight is 568 g/mol. The summed E-state index contributed by atoms with van der Waals surface area (Å²) in [6.45, 7) is 12.2. The number of carbonyl (C=O) groups is 3. The maximum Gasteiger partial charge on any atom is 0.311 e. The average Bonchev–Trinajstić information content (AvgIpc) is 3.15. The van der Waals surface area contributed by atoms with Gasteiger partial charge in [-0.15, -0.1) is 0 Å². The second kappa shape index (κ2) is 10.5. The number of carbonyl (C=O) groups excluding carboxylic acids is 3. The highest BCUT2D eigenvalue weighted by atomic mass is 19.1. The van der Waals surface area contributed by atoms with Gasteiger partial charge in [-0.3, -0.25) is 14.4 Å². The zero-order chi connectivity index (χ0) is 30.6. The number of hydrogen-bond donors (Lipinski definition) is 1. The van der Waals surface area contributed by atoms with Gasteiger partial charge in [-0.1, -0.05) is 71.9 Å². The van der Waals surface area contributed by atoms with E-state index in [4.69, 9.17) is 4.74 Å². The van der Waals surface area contributed by atoms with Gasteiger partial charge in [0.15, 0.2) is 17.3 Å². The van der Waals surface area contributed by atoms with Crippen molar-refractivity contribution >= 4 is 28.4 Å². The number of fused-ring (bicyclic) bond motifs is 2. The molecule has 7 heteroatoms. The zero-order valence-electron chi connectivity index (χ0n) is 24.7. The Morgan fingerprint density at radius 3 is 2.17 bits per heavy atom. The van der Waals surface area contributed by atoms with Crippen LogP contribution in [0, 0.1) is 5.82 Å². The van der Waals surface area contributed by atoms with Crippen molar-refractivity contribution < 1.29 is 28.6 Å². The molecule has 1 aromatic heterocycles. The van der Waals surface area contributed by atoms with Gasteiger partial charge in [0.2, 0.25) is 0 Å². The molecular weight excluding hydrogens is 533 g/mol. The van der Waals surface area contributed by atoms with E-state index >= 15 is 0 Å². The van der Waals surface area contributed by atoms with Gasteiger partial charge in [0.05, 0.1) is 5.69 Å². The fraction of sp³-hybridized carbons (Fsp3) is 0.314. The summed E-state index contributed by atoms with van der Waals surface area (Å²) in [7, 11) is 0. The first-order valence-corrected chi connectivity index (χ1v) is 14.0. The van der Waals surface area contributed by atoms with Crippen LogP contribution in [0.1, 0.15) is 97.0 Å². The van der Waals surface area contributed by atoms with Crippen LogP contribution in [0.25, 0.3) is 10.9 Å². The third-order valence-corrected chi connectivity index (χ3v) is 7.66. The normalized spacial score (nSPS) is 15.3. The topological polar surface area (TPSA) is 93.6 Å². The van der Waals surface area contributed by atoms with Crippen molar-refractivity contribution in [3.63, 3.8) is 0 Å². The molecule has 4 aromatic rings. The number of phenolic OH excluding ortho intramolecular Hbond substituents is 1. The van der Waals surface area contributed by atoms with Crippen LogP contribution in [-0.4, -0.2) is 27.6 Å². The van der Waals surface area contributed by atoms with Crippen LogP contribution >= 0.6 is 0 Å². The molecule has 0 saturated heterocycles. The molecule has 1 N–H and O–H groups in total. The Kier molecular flexibility index (Phi) is 7.25. The molecule has 5 rings (SSSR count). The number of para-hydroxylation sites is 1. The second-order valence-corrected chi connectivity index (χ2v) is 12.9. The van der Waals surface area contributed by atoms with Gasteiger partial charge >= 0.3 is 5.97 Å². The molecule has 216 valence electrons. The summed E-state index contributed by atoms with van der Waals surface area (Å²) in [5.74, 6) is -2.67. The molecule has 0 radical (unpaired) electrons. The summed E-state index contributed by atoms with van der Waals surface area (Å²) in [5, 5.41) is 11.7. The standard InChI is InChI=1S/C35H34FNO5/c1-34(2,3)24-16-19(17-25(33(24)41)35(4,5)6)10-15-28(38)42-27-9-7-8-20-11-14-26(37-30(20)27)29-31(39)22-13-12-21(36)18-23(22)32(29)40/h7-9,11-14,16-18,29,41H,10,15H2,1-6H3. The van der Waals surface area contributed by atoms with E-state index in [0.29, 0.717) is 17.3 Å². The van der Waals surface area contributed by atoms with Crippen LogP contribution in [0.4, 0.5) is 4.39 Å². The van der Waals surface area contributed by atoms with E-state index in [2.05, 4.69) is 4.98 Å². The van der Waals surface area contributed by atoms with Crippen molar-refractivity contribution in [3.8, 4) is 11.5 Å². The molecule has 1 atom stereocenters. The first-order valence-electron chi connectivity index (χ1n) is 14.0. The minimum absolute atomic E-state index is 0.0464. The number of hydrogen-bond acceptors (Lipinski definition) is 6. The molecule has 0 saturated carbocycles. The highest BCUT2D eigenvalue weighted by Crippen LogP contribution is 2.40. The third-order valence-electron chi connectivity index (χ3n) is 7.66. The molecule has 42 heavy (non-hydrogen) atoms. The second-order valence-electron chi connectivity index (χ2n) is 12.9. The van der Waals surface area contributed by atoms with E-state index in [1.807, 2.05) is 53.7 Å². The first-order chi connectivity index (χ1) is 19.6. The van der Waals surface area contributed by atoms with E-state index in [-0.39, 0.29) is 45.6 Å². The number of Topliss-reactive ketones (excluding diaryl/α,β-unsaturated/α-hetero) is 2. The van der Waals surface area contributed by atoms with Crippen LogP contribution in [-0.2, 0) is 22.0 Å². The van der Waals surface area contributed by atoms with E-state index in [1.165, 1.54) is 6.07 Å². The molecular formula is C35H34FNO5. The lowest BCUT2D eigenvalue weighted by molar-refractivity contribution is -0.134. The summed E-state index contributed by atoms with van der Waals surface area (Å²) in [4.78, 5) is 43.7. The molecule has 0 bridgehead atoms. The Morgan fingerprint density at radius 1 is 0.881 bits per heavy atom. The maximum absolute atomic E-state index is 13.8. The molecule has 0 fully saturated rings. The summed E-state index contributed by atoms with van der Waals surface area (Å²) in [5.41, 5.74) is 2.78. The number of aryl methyl sites for hydroxylation is 1. The first kappa shape index (κ1) is 29.1. The van der Waals surface area contributed by atoms with Crippen LogP contribution in [0.5, 0.6) is 11.5 Å². The number of phenols is 1. The number of aromatic nitrogens is 1. The van der Waals surface area contributed by atoms with Gasteiger partial charge < -0.3 is 9.84 Å². The number of aromatic hydroxyl groups is 1. The van der Waals surface area contributed by atoms with Crippen molar-refractivity contribution in [2.45, 2.75) is 71.1 Å². The van der Waals surface area contributed by atoms with Gasteiger partial charge in [-0.2, -0.15) is 0 Å². The minimum Gasteiger partial charge on any atom is -0.507 e. The minimum atomic E-state index is -1.18. The monoisotopic (exact) mass is 567 g/mol. The predicted molar refractivity (Wildman–Crippen MR) is 159 cm³/mol. The largest absolute Gasteiger partial charge is 0.507 e. The lowest BCUT2D eigenvalue weighted by atomic mass is 9.78. The van der Waals surface area contributed by atoms with E-state index < -0.39 is 29.3 Å². The van der Waals surface area contributed by atoms with Crippen molar-refractivity contribution in [3.05, 3.63) is 100.0 Å². The van der Waals surface area contributed by atoms with Gasteiger partial charge in [0.25, 0.3) is 0 Å². The van der Waals surface area contributed by atoms with E-state index in [1.54, 1.807) is 30.3 Å². The third kappa shape index (κ3) is 5.43. The lowest BCUT2D eigenvalue weighted by Crippen LogP contribution is -2.18. The quantitative estimate of drug-likeness (QED) is 0.154. The molecule has 6 nitrogen and oxygen atoms in total. The molecule has 1 aliphatic carbocycles. The molecule has 0 spiro atoms. The summed E-state index contributed by atoms with van der Waals surface area (Å²) < 4.78 is 19.5. The predicted octanol–water partition coefficient (Wildman–Crippen LogP) is 7.38. The summed E-state index contributed by atoms with van der Waals surface area (Å²) >= 11 is 0. The fourth-order valence-corrected chi connectivity index (χ4v) is 5.41. The van der Waals surface area contributed by atoms with Crippen LogP contribution in [0.2, 0.25) is 0 Å². The van der Waals surface area contributed by atoms with Crippen molar-refractivity contribution in [1.82, 2.24) is 4.98 Å². The van der Waals surface area contributed by atoms with Crippen LogP contribution < -0.4 is 4.74 Å². The summed E-state index contributed by atoms with van der Waals surface area (Å²) in [6, 6.07) is 15.9. The van der Waals surface area contributed by atoms with Gasteiger partial charge in [0.1, 0.15) is 23.0 Å². The van der Waals surface area contributed by atoms with Gasteiger partial charge in [0, 0.05) is 22.9 Å². The Hall–Kier alpha value is -4.39. The number of ketones is 2. The molecule has 0 aliphatic heterocycles. The number of esters is 1. The number of benzene rings is 3. The SMILES string of the molecule is CC(C)(C)c1cc(CCC(=O)Oc2cccc3ccc(C4C(=O)c5ccc(F)cc5C4=O)nc23)cc(C(C)(C)C)c1O. The maximum atomic E-state index is 13.8. The molecule has 1 unspecified atom stereocenters. The highest BCUT2D eigenvalue weighted by molar-refractivity contribution is 6.29. The van der Waals surface area contributed by atoms with Crippen LogP contribution in [0.3, 0.4) is 0 Å². The molecule has 0 amide bonds. The summed E-state index contributed by atoms with van der Waals surface area (Å²) in [6.07, 6.45) is 0.503. The van der Waals surface area contributed by atoms with Gasteiger partial charge in [-0.25, -0.2) is 9.37 Å². The Bertz CT molecular complexity index is 1720. The van der Waals surface area contributed by atoms with Gasteiger partial charge in [-0.05, 0) is 64.3 Å². The van der Waals surface area contributed by atoms with Crippen LogP contribution in [0.15, 0.2) is 60.7 Å². The van der Waals surface area contributed by atoms with Crippen molar-refractivity contribution in [1.29, 1.82) is 0 Å². The number of halogens is 1. The number of rotatable bonds is 5. The number of ether oxygens (including phenoxy) is 1. The Balaban J connectivity index is 1.39. The molecule has 3 aromatic carbocycles. The number of nitrogens with zero attached hydrogens (tertiary/aromatic N) is 1. The van der Waals surface area contributed by atoms with Crippen molar-refractivity contribution in [2.24, 2.45) is 0 Å². The highest BCUT2D eigenvalue weighted by Gasteiger charge is 2.41. The number of pyridine rings is 1. The zero-order valence-corrected chi connectivity index (χ0v) is 24.7. The van der Waals surface area contributed by atoms with E-state index in [9.17, 15) is 23.9 Å².